The minimum atomic E-state index is -0.236. The van der Waals surface area contributed by atoms with E-state index in [0.29, 0.717) is 11.3 Å². The highest BCUT2D eigenvalue weighted by Crippen LogP contribution is 2.61. The van der Waals surface area contributed by atoms with Crippen molar-refractivity contribution in [2.45, 2.75) is 51.7 Å². The summed E-state index contributed by atoms with van der Waals surface area (Å²) in [5.74, 6) is 1.45. The van der Waals surface area contributed by atoms with Crippen LogP contribution in [0.5, 0.6) is 0 Å². The summed E-state index contributed by atoms with van der Waals surface area (Å²) in [5, 5.41) is 10.0. The first kappa shape index (κ1) is 10.4. The van der Waals surface area contributed by atoms with E-state index in [4.69, 9.17) is 4.74 Å². The van der Waals surface area contributed by atoms with E-state index in [0.717, 1.165) is 12.3 Å². The van der Waals surface area contributed by atoms with Crippen LogP contribution in [0, 0.1) is 17.3 Å². The van der Waals surface area contributed by atoms with Gasteiger partial charge in [0.25, 0.3) is 0 Å². The van der Waals surface area contributed by atoms with Crippen LogP contribution in [0.15, 0.2) is 0 Å². The van der Waals surface area contributed by atoms with Gasteiger partial charge in [-0.25, -0.2) is 0 Å². The summed E-state index contributed by atoms with van der Waals surface area (Å²) < 4.78 is 5.38. The van der Waals surface area contributed by atoms with Gasteiger partial charge >= 0.3 is 0 Å². The van der Waals surface area contributed by atoms with Crippen molar-refractivity contribution in [3.8, 4) is 0 Å². The minimum absolute atomic E-state index is 0.116. The van der Waals surface area contributed by atoms with Crippen LogP contribution >= 0.6 is 0 Å². The Kier molecular flexibility index (Phi) is 2.61. The molecule has 0 aromatic rings. The maximum atomic E-state index is 10.0. The van der Waals surface area contributed by atoms with Crippen molar-refractivity contribution in [2.24, 2.45) is 17.3 Å². The van der Waals surface area contributed by atoms with E-state index in [1.54, 1.807) is 7.11 Å². The van der Waals surface area contributed by atoms with Crippen molar-refractivity contribution in [1.82, 2.24) is 0 Å². The molecule has 82 valence electrons. The molecular weight excluding hydrogens is 176 g/mol. The van der Waals surface area contributed by atoms with Crippen LogP contribution in [0.3, 0.4) is 0 Å². The van der Waals surface area contributed by atoms with Crippen LogP contribution in [0.25, 0.3) is 0 Å². The molecule has 2 fully saturated rings. The third kappa shape index (κ3) is 1.49. The normalized spacial score (nSPS) is 51.4. The maximum Gasteiger partial charge on any atom is 0.0861 e. The summed E-state index contributed by atoms with van der Waals surface area (Å²) >= 11 is 0. The summed E-state index contributed by atoms with van der Waals surface area (Å²) in [6.07, 6.45) is 4.56. The van der Waals surface area contributed by atoms with Crippen molar-refractivity contribution in [3.05, 3.63) is 0 Å². The lowest BCUT2D eigenvalue weighted by Crippen LogP contribution is -2.42. The second-order valence-electron chi connectivity index (χ2n) is 5.38. The zero-order valence-corrected chi connectivity index (χ0v) is 9.49. The maximum absolute atomic E-state index is 10.0. The fourth-order valence-corrected chi connectivity index (χ4v) is 3.60. The van der Waals surface area contributed by atoms with Crippen molar-refractivity contribution in [1.29, 1.82) is 0 Å². The highest BCUT2D eigenvalue weighted by molar-refractivity contribution is 5.08. The van der Waals surface area contributed by atoms with Gasteiger partial charge in [-0.3, -0.25) is 0 Å². The van der Waals surface area contributed by atoms with Crippen molar-refractivity contribution < 1.29 is 9.84 Å². The van der Waals surface area contributed by atoms with Gasteiger partial charge in [0.2, 0.25) is 0 Å². The summed E-state index contributed by atoms with van der Waals surface area (Å²) in [6, 6.07) is 0. The molecule has 0 spiro atoms. The number of rotatable bonds is 3. The highest BCUT2D eigenvalue weighted by atomic mass is 16.5. The van der Waals surface area contributed by atoms with Gasteiger partial charge in [0, 0.05) is 7.11 Å². The molecule has 2 aliphatic rings. The lowest BCUT2D eigenvalue weighted by Gasteiger charge is -2.39. The predicted molar refractivity (Wildman–Crippen MR) is 56.0 cm³/mol. The third-order valence-electron chi connectivity index (χ3n) is 4.30. The molecule has 0 aromatic carbocycles. The molecule has 0 radical (unpaired) electrons. The molecule has 1 N–H and O–H groups in total. The number of hydrogen-bond donors (Lipinski definition) is 1. The largest absolute Gasteiger partial charge is 0.390 e. The monoisotopic (exact) mass is 198 g/mol. The average Bonchev–Trinajstić information content (AvgIpc) is 2.85. The number of ether oxygens (including phenoxy) is 1. The zero-order chi connectivity index (χ0) is 10.3. The van der Waals surface area contributed by atoms with E-state index in [1.165, 1.54) is 19.3 Å². The lowest BCUT2D eigenvalue weighted by molar-refractivity contribution is -0.0784. The lowest BCUT2D eigenvalue weighted by atomic mass is 9.70. The van der Waals surface area contributed by atoms with E-state index in [-0.39, 0.29) is 12.2 Å². The van der Waals surface area contributed by atoms with Crippen LogP contribution in [0.2, 0.25) is 0 Å². The van der Waals surface area contributed by atoms with E-state index >= 15 is 0 Å². The molecule has 2 heteroatoms. The Bertz CT molecular complexity index is 214. The molecule has 5 atom stereocenters. The second kappa shape index (κ2) is 3.49. The molecule has 14 heavy (non-hydrogen) atoms. The molecule has 1 unspecified atom stereocenters. The number of aliphatic hydroxyl groups excluding tert-OH is 1. The van der Waals surface area contributed by atoms with Crippen LogP contribution in [-0.2, 0) is 4.74 Å². The second-order valence-corrected chi connectivity index (χ2v) is 5.38. The smallest absolute Gasteiger partial charge is 0.0861 e. The van der Waals surface area contributed by atoms with Crippen LogP contribution in [-0.4, -0.2) is 24.4 Å². The molecule has 2 nitrogen and oxygen atoms in total. The van der Waals surface area contributed by atoms with Crippen LogP contribution in [0.1, 0.15) is 39.5 Å². The van der Waals surface area contributed by atoms with Crippen LogP contribution < -0.4 is 0 Å². The Labute approximate surface area is 86.6 Å². The number of methoxy groups -OCH3 is 1. The summed E-state index contributed by atoms with van der Waals surface area (Å²) in [4.78, 5) is 0. The van der Waals surface area contributed by atoms with Gasteiger partial charge in [-0.2, -0.15) is 0 Å². The first-order valence-electron chi connectivity index (χ1n) is 5.83. The first-order valence-corrected chi connectivity index (χ1v) is 5.83. The van der Waals surface area contributed by atoms with Gasteiger partial charge in [-0.1, -0.05) is 20.3 Å². The molecule has 0 aliphatic heterocycles. The summed E-state index contributed by atoms with van der Waals surface area (Å²) in [7, 11) is 1.73. The first-order chi connectivity index (χ1) is 6.62. The standard InChI is InChI=1S/C12H22O2/c1-4-5-12(2)7-10(13)11(14-3)8-6-9(8)12/h8-11,13H,4-7H2,1-3H3/t8-,9-,10-,11+,12?/m0/s1. The number of fused-ring (bicyclic) bond motifs is 1. The van der Waals surface area contributed by atoms with Crippen molar-refractivity contribution >= 4 is 0 Å². The van der Waals surface area contributed by atoms with E-state index in [2.05, 4.69) is 13.8 Å². The molecule has 2 aliphatic carbocycles. The predicted octanol–water partition coefficient (Wildman–Crippen LogP) is 2.21. The van der Waals surface area contributed by atoms with Crippen LogP contribution in [0.4, 0.5) is 0 Å². The molecule has 0 saturated heterocycles. The Balaban J connectivity index is 2.06. The van der Waals surface area contributed by atoms with E-state index < -0.39 is 0 Å². The van der Waals surface area contributed by atoms with Gasteiger partial charge in [-0.05, 0) is 36.5 Å². The van der Waals surface area contributed by atoms with Gasteiger partial charge in [0.15, 0.2) is 0 Å². The van der Waals surface area contributed by atoms with Gasteiger partial charge < -0.3 is 9.84 Å². The fraction of sp³-hybridized carbons (Fsp3) is 1.00. The Morgan fingerprint density at radius 1 is 1.50 bits per heavy atom. The van der Waals surface area contributed by atoms with Gasteiger partial charge in [0.05, 0.1) is 12.2 Å². The molecule has 0 bridgehead atoms. The number of aliphatic hydroxyl groups is 1. The molecule has 0 heterocycles. The quantitative estimate of drug-likeness (QED) is 0.753. The Morgan fingerprint density at radius 2 is 2.21 bits per heavy atom. The minimum Gasteiger partial charge on any atom is -0.390 e. The van der Waals surface area contributed by atoms with Gasteiger partial charge in [-0.15, -0.1) is 0 Å². The molecule has 2 saturated carbocycles. The number of hydrogen-bond acceptors (Lipinski definition) is 2. The molecule has 0 aromatic heterocycles. The molecule has 0 amide bonds. The fourth-order valence-electron chi connectivity index (χ4n) is 3.60. The topological polar surface area (TPSA) is 29.5 Å². The zero-order valence-electron chi connectivity index (χ0n) is 9.49. The summed E-state index contributed by atoms with van der Waals surface area (Å²) in [6.45, 7) is 4.58. The van der Waals surface area contributed by atoms with Crippen molar-refractivity contribution in [3.63, 3.8) is 0 Å². The van der Waals surface area contributed by atoms with Crippen molar-refractivity contribution in [2.75, 3.05) is 7.11 Å². The average molecular weight is 198 g/mol. The Hall–Kier alpha value is -0.0800. The summed E-state index contributed by atoms with van der Waals surface area (Å²) in [5.41, 5.74) is 0.383. The third-order valence-corrected chi connectivity index (χ3v) is 4.30. The highest BCUT2D eigenvalue weighted by Gasteiger charge is 2.59. The van der Waals surface area contributed by atoms with Gasteiger partial charge in [0.1, 0.15) is 0 Å². The molecular formula is C12H22O2. The Morgan fingerprint density at radius 3 is 2.79 bits per heavy atom. The van der Waals surface area contributed by atoms with E-state index in [9.17, 15) is 5.11 Å². The van der Waals surface area contributed by atoms with E-state index in [1.807, 2.05) is 0 Å². The molecule has 2 rings (SSSR count). The SMILES string of the molecule is CCCC1(C)C[C@H](O)[C@H](OC)[C@H]2C[C@@H]21.